The molecule has 2 rings (SSSR count). The highest BCUT2D eigenvalue weighted by Crippen LogP contribution is 2.30. The molecule has 78 valence electrons. The van der Waals surface area contributed by atoms with Gasteiger partial charge in [-0.2, -0.15) is 10.1 Å². The number of nitrogens with two attached hydrogens (primary N) is 2. The second-order valence-corrected chi connectivity index (χ2v) is 4.06. The van der Waals surface area contributed by atoms with Crippen molar-refractivity contribution in [1.29, 1.82) is 0 Å². The van der Waals surface area contributed by atoms with Gasteiger partial charge < -0.3 is 11.5 Å². The number of nitrogens with zero attached hydrogens (tertiary/aromatic N) is 3. The maximum atomic E-state index is 5.84. The monoisotopic (exact) mass is 195 g/mol. The number of anilines is 1. The Balaban J connectivity index is 2.08. The summed E-state index contributed by atoms with van der Waals surface area (Å²) >= 11 is 0. The highest BCUT2D eigenvalue weighted by molar-refractivity contribution is 5.17. The smallest absolute Gasteiger partial charge is 0.218 e. The van der Waals surface area contributed by atoms with Crippen LogP contribution in [-0.2, 0) is 7.05 Å². The van der Waals surface area contributed by atoms with Crippen LogP contribution in [-0.4, -0.2) is 20.8 Å². The minimum atomic E-state index is 0.368. The third-order valence-electron chi connectivity index (χ3n) is 2.95. The maximum absolute atomic E-state index is 5.84. The van der Waals surface area contributed by atoms with Crippen LogP contribution < -0.4 is 11.5 Å². The second kappa shape index (κ2) is 3.57. The molecule has 0 spiro atoms. The summed E-state index contributed by atoms with van der Waals surface area (Å²) in [6.07, 6.45) is 4.32. The van der Waals surface area contributed by atoms with Crippen LogP contribution in [0.25, 0.3) is 0 Å². The van der Waals surface area contributed by atoms with E-state index in [4.69, 9.17) is 11.5 Å². The molecule has 1 saturated carbocycles. The molecule has 0 radical (unpaired) electrons. The van der Waals surface area contributed by atoms with Gasteiger partial charge in [-0.1, -0.05) is 0 Å². The van der Waals surface area contributed by atoms with Crippen molar-refractivity contribution in [2.75, 3.05) is 5.73 Å². The number of hydrogen-bond acceptors (Lipinski definition) is 4. The van der Waals surface area contributed by atoms with Crippen molar-refractivity contribution < 1.29 is 0 Å². The van der Waals surface area contributed by atoms with Gasteiger partial charge in [0.25, 0.3) is 0 Å². The molecule has 5 heteroatoms. The van der Waals surface area contributed by atoms with Crippen molar-refractivity contribution in [3.8, 4) is 0 Å². The molecule has 1 aliphatic carbocycles. The number of aryl methyl sites for hydroxylation is 1. The summed E-state index contributed by atoms with van der Waals surface area (Å²) in [6, 6.07) is 0.368. The Kier molecular flexibility index (Phi) is 2.41. The number of rotatable bonds is 1. The van der Waals surface area contributed by atoms with Crippen molar-refractivity contribution in [1.82, 2.24) is 14.8 Å². The predicted molar refractivity (Wildman–Crippen MR) is 54.6 cm³/mol. The van der Waals surface area contributed by atoms with Crippen LogP contribution in [0, 0.1) is 0 Å². The molecule has 1 heterocycles. The van der Waals surface area contributed by atoms with Gasteiger partial charge in [0.15, 0.2) is 5.82 Å². The van der Waals surface area contributed by atoms with Crippen molar-refractivity contribution in [2.24, 2.45) is 12.8 Å². The lowest BCUT2D eigenvalue weighted by molar-refractivity contribution is 0.384. The first-order chi connectivity index (χ1) is 6.66. The highest BCUT2D eigenvalue weighted by atomic mass is 15.4. The molecular formula is C9H17N5. The molecule has 4 N–H and O–H groups in total. The number of aromatic nitrogens is 3. The summed E-state index contributed by atoms with van der Waals surface area (Å²) in [5, 5.41) is 4.30. The SMILES string of the molecule is Cn1nc(C2CCC(N)CC2)nc1N. The summed E-state index contributed by atoms with van der Waals surface area (Å²) in [4.78, 5) is 4.25. The zero-order valence-corrected chi connectivity index (χ0v) is 8.48. The van der Waals surface area contributed by atoms with Crippen LogP contribution in [0.15, 0.2) is 0 Å². The molecule has 5 nitrogen and oxygen atoms in total. The van der Waals surface area contributed by atoms with Crippen LogP contribution in [0.4, 0.5) is 5.95 Å². The molecule has 1 aromatic heterocycles. The van der Waals surface area contributed by atoms with Gasteiger partial charge in [-0.3, -0.25) is 0 Å². The Morgan fingerprint density at radius 3 is 2.43 bits per heavy atom. The van der Waals surface area contributed by atoms with E-state index in [1.165, 1.54) is 0 Å². The van der Waals surface area contributed by atoms with Crippen LogP contribution in [0.5, 0.6) is 0 Å². The summed E-state index contributed by atoms with van der Waals surface area (Å²) in [5.41, 5.74) is 11.5. The normalized spacial score (nSPS) is 27.9. The Hall–Kier alpha value is -1.10. The van der Waals surface area contributed by atoms with E-state index in [9.17, 15) is 0 Å². The third-order valence-corrected chi connectivity index (χ3v) is 2.95. The molecule has 1 fully saturated rings. The van der Waals surface area contributed by atoms with Crippen molar-refractivity contribution in [3.05, 3.63) is 5.82 Å². The Morgan fingerprint density at radius 2 is 1.93 bits per heavy atom. The molecule has 0 bridgehead atoms. The average Bonchev–Trinajstić information content (AvgIpc) is 2.48. The molecule has 0 aliphatic heterocycles. The van der Waals surface area contributed by atoms with Crippen LogP contribution in [0.3, 0.4) is 0 Å². The minimum absolute atomic E-state index is 0.368. The van der Waals surface area contributed by atoms with E-state index in [0.717, 1.165) is 31.5 Å². The zero-order chi connectivity index (χ0) is 10.1. The summed E-state index contributed by atoms with van der Waals surface area (Å²) in [6.45, 7) is 0. The molecule has 14 heavy (non-hydrogen) atoms. The lowest BCUT2D eigenvalue weighted by atomic mass is 9.86. The first-order valence-electron chi connectivity index (χ1n) is 5.09. The van der Waals surface area contributed by atoms with E-state index < -0.39 is 0 Å². The van der Waals surface area contributed by atoms with Crippen molar-refractivity contribution in [2.45, 2.75) is 37.6 Å². The molecule has 1 aliphatic rings. The predicted octanol–water partition coefficient (Wildman–Crippen LogP) is 0.382. The van der Waals surface area contributed by atoms with Crippen molar-refractivity contribution >= 4 is 5.95 Å². The van der Waals surface area contributed by atoms with Crippen LogP contribution in [0.1, 0.15) is 37.4 Å². The number of nitrogen functional groups attached to an aromatic ring is 1. The topological polar surface area (TPSA) is 82.8 Å². The van der Waals surface area contributed by atoms with E-state index in [1.807, 2.05) is 7.05 Å². The third kappa shape index (κ3) is 1.72. The molecule has 0 atom stereocenters. The molecule has 0 unspecified atom stereocenters. The summed E-state index contributed by atoms with van der Waals surface area (Å²) < 4.78 is 1.63. The van der Waals surface area contributed by atoms with E-state index in [0.29, 0.717) is 17.9 Å². The van der Waals surface area contributed by atoms with Gasteiger partial charge in [0.05, 0.1) is 0 Å². The fraction of sp³-hybridized carbons (Fsp3) is 0.778. The molecule has 0 amide bonds. The second-order valence-electron chi connectivity index (χ2n) is 4.06. The van der Waals surface area contributed by atoms with Gasteiger partial charge in [-0.05, 0) is 25.7 Å². The number of hydrogen-bond donors (Lipinski definition) is 2. The van der Waals surface area contributed by atoms with E-state index >= 15 is 0 Å². The van der Waals surface area contributed by atoms with Crippen LogP contribution in [0.2, 0.25) is 0 Å². The maximum Gasteiger partial charge on any atom is 0.218 e. The lowest BCUT2D eigenvalue weighted by Gasteiger charge is -2.23. The fourth-order valence-corrected chi connectivity index (χ4v) is 1.97. The first-order valence-corrected chi connectivity index (χ1v) is 5.09. The summed E-state index contributed by atoms with van der Waals surface area (Å²) in [7, 11) is 1.82. The molecular weight excluding hydrogens is 178 g/mol. The summed E-state index contributed by atoms with van der Waals surface area (Å²) in [5.74, 6) is 1.84. The standard InChI is InChI=1S/C9H17N5/c1-14-9(11)12-8(13-14)6-2-4-7(10)5-3-6/h6-7H,2-5,10H2,1H3,(H2,11,12,13). The molecule has 0 saturated heterocycles. The zero-order valence-electron chi connectivity index (χ0n) is 8.48. The highest BCUT2D eigenvalue weighted by Gasteiger charge is 2.23. The largest absolute Gasteiger partial charge is 0.368 e. The lowest BCUT2D eigenvalue weighted by Crippen LogP contribution is -2.26. The quantitative estimate of drug-likeness (QED) is 0.678. The van der Waals surface area contributed by atoms with Gasteiger partial charge in [0.1, 0.15) is 0 Å². The van der Waals surface area contributed by atoms with Gasteiger partial charge in [-0.15, -0.1) is 0 Å². The van der Waals surface area contributed by atoms with Gasteiger partial charge in [0.2, 0.25) is 5.95 Å². The minimum Gasteiger partial charge on any atom is -0.368 e. The van der Waals surface area contributed by atoms with Gasteiger partial charge >= 0.3 is 0 Å². The Morgan fingerprint density at radius 1 is 1.29 bits per heavy atom. The van der Waals surface area contributed by atoms with Gasteiger partial charge in [-0.25, -0.2) is 4.68 Å². The van der Waals surface area contributed by atoms with E-state index in [-0.39, 0.29) is 0 Å². The molecule has 1 aromatic rings. The Bertz CT molecular complexity index is 292. The first kappa shape index (κ1) is 9.45. The Labute approximate surface area is 83.5 Å². The van der Waals surface area contributed by atoms with E-state index in [1.54, 1.807) is 4.68 Å². The van der Waals surface area contributed by atoms with Gasteiger partial charge in [0, 0.05) is 19.0 Å². The average molecular weight is 195 g/mol. The fourth-order valence-electron chi connectivity index (χ4n) is 1.97. The van der Waals surface area contributed by atoms with Crippen molar-refractivity contribution in [3.63, 3.8) is 0 Å². The van der Waals surface area contributed by atoms with Crippen LogP contribution >= 0.6 is 0 Å². The van der Waals surface area contributed by atoms with E-state index in [2.05, 4.69) is 10.1 Å². The molecule has 0 aromatic carbocycles.